The highest BCUT2D eigenvalue weighted by atomic mass is 35.5. The predicted octanol–water partition coefficient (Wildman–Crippen LogP) is 5.71. The van der Waals surface area contributed by atoms with Gasteiger partial charge in [-0.1, -0.05) is 48.0 Å². The van der Waals surface area contributed by atoms with Crippen molar-refractivity contribution in [2.75, 3.05) is 19.7 Å². The van der Waals surface area contributed by atoms with E-state index in [1.165, 1.54) is 0 Å². The monoisotopic (exact) mass is 439 g/mol. The molecule has 0 unspecified atom stereocenters. The van der Waals surface area contributed by atoms with E-state index in [-0.39, 0.29) is 12.2 Å². The summed E-state index contributed by atoms with van der Waals surface area (Å²) < 4.78 is 11.4. The third kappa shape index (κ3) is 5.27. The van der Waals surface area contributed by atoms with Crippen molar-refractivity contribution >= 4 is 17.7 Å². The van der Waals surface area contributed by atoms with Gasteiger partial charge in [0.1, 0.15) is 11.7 Å². The van der Waals surface area contributed by atoms with Crippen molar-refractivity contribution in [3.8, 4) is 22.5 Å². The molecule has 4 rings (SSSR count). The minimum Gasteiger partial charge on any atom is -0.444 e. The van der Waals surface area contributed by atoms with Crippen LogP contribution in [0.5, 0.6) is 0 Å². The quantitative estimate of drug-likeness (QED) is 0.567. The molecule has 1 aromatic heterocycles. The number of halogens is 1. The van der Waals surface area contributed by atoms with Crippen LogP contribution in [0.3, 0.4) is 0 Å². The molecule has 6 nitrogen and oxygen atoms in total. The molecular formula is C24H26ClN3O3. The number of carbonyl (C=O) groups excluding carboxylic acids is 1. The minimum atomic E-state index is -0.513. The molecule has 2 heterocycles. The number of ether oxygens (including phenoxy) is 2. The van der Waals surface area contributed by atoms with E-state index in [1.54, 1.807) is 4.90 Å². The molecule has 1 saturated heterocycles. The SMILES string of the molecule is CC(C)(C)OC(=O)N1CCO[C@@H](c2ccc(-c3cc(-c4cccc(Cl)c4)n[nH]3)cc2)C1. The second kappa shape index (κ2) is 8.73. The summed E-state index contributed by atoms with van der Waals surface area (Å²) in [6, 6.07) is 17.7. The molecule has 0 aliphatic carbocycles. The Morgan fingerprint density at radius 3 is 2.65 bits per heavy atom. The molecule has 31 heavy (non-hydrogen) atoms. The lowest BCUT2D eigenvalue weighted by Crippen LogP contribution is -2.44. The molecular weight excluding hydrogens is 414 g/mol. The summed E-state index contributed by atoms with van der Waals surface area (Å²) in [5.74, 6) is 0. The van der Waals surface area contributed by atoms with Gasteiger partial charge in [0.25, 0.3) is 0 Å². The number of rotatable bonds is 3. The number of H-pyrrole nitrogens is 1. The van der Waals surface area contributed by atoms with Crippen molar-refractivity contribution < 1.29 is 14.3 Å². The normalized spacial score (nSPS) is 16.9. The van der Waals surface area contributed by atoms with Crippen LogP contribution >= 0.6 is 11.6 Å². The second-order valence-corrected chi connectivity index (χ2v) is 9.02. The topological polar surface area (TPSA) is 67.4 Å². The number of nitrogens with zero attached hydrogens (tertiary/aromatic N) is 2. The molecule has 162 valence electrons. The first-order valence-corrected chi connectivity index (χ1v) is 10.7. The zero-order valence-electron chi connectivity index (χ0n) is 17.9. The summed E-state index contributed by atoms with van der Waals surface area (Å²) in [6.07, 6.45) is -0.484. The molecule has 2 aromatic carbocycles. The standard InChI is InChI=1S/C24H26ClN3O3/c1-24(2,3)31-23(29)28-11-12-30-22(15-28)17-9-7-16(8-10-17)20-14-21(27-26-20)18-5-4-6-19(25)13-18/h4-10,13-14,22H,11-12,15H2,1-3H3,(H,26,27)/t22-/m1/s1. The second-order valence-electron chi connectivity index (χ2n) is 8.59. The highest BCUT2D eigenvalue weighted by Crippen LogP contribution is 2.28. The summed E-state index contributed by atoms with van der Waals surface area (Å²) in [7, 11) is 0. The van der Waals surface area contributed by atoms with Gasteiger partial charge in [0.2, 0.25) is 0 Å². The van der Waals surface area contributed by atoms with Crippen molar-refractivity contribution in [1.82, 2.24) is 15.1 Å². The van der Waals surface area contributed by atoms with Gasteiger partial charge >= 0.3 is 6.09 Å². The maximum absolute atomic E-state index is 12.4. The summed E-state index contributed by atoms with van der Waals surface area (Å²) in [5, 5.41) is 8.18. The first kappa shape index (κ1) is 21.4. The number of carbonyl (C=O) groups is 1. The third-order valence-corrected chi connectivity index (χ3v) is 5.24. The van der Waals surface area contributed by atoms with E-state index < -0.39 is 5.60 Å². The fourth-order valence-electron chi connectivity index (χ4n) is 3.49. The molecule has 1 fully saturated rings. The number of hydrogen-bond donors (Lipinski definition) is 1. The van der Waals surface area contributed by atoms with E-state index in [2.05, 4.69) is 10.2 Å². The molecule has 1 aliphatic rings. The van der Waals surface area contributed by atoms with Gasteiger partial charge in [-0.2, -0.15) is 5.10 Å². The third-order valence-electron chi connectivity index (χ3n) is 5.01. The largest absolute Gasteiger partial charge is 0.444 e. The zero-order valence-corrected chi connectivity index (χ0v) is 18.6. The average Bonchev–Trinajstić information content (AvgIpc) is 3.23. The Balaban J connectivity index is 1.45. The van der Waals surface area contributed by atoms with E-state index >= 15 is 0 Å². The highest BCUT2D eigenvalue weighted by Gasteiger charge is 2.28. The van der Waals surface area contributed by atoms with Crippen LogP contribution in [-0.2, 0) is 9.47 Å². The average molecular weight is 440 g/mol. The molecule has 7 heteroatoms. The fourth-order valence-corrected chi connectivity index (χ4v) is 3.68. The Morgan fingerprint density at radius 2 is 1.94 bits per heavy atom. The van der Waals surface area contributed by atoms with E-state index in [1.807, 2.05) is 75.4 Å². The number of amides is 1. The van der Waals surface area contributed by atoms with E-state index in [4.69, 9.17) is 21.1 Å². The van der Waals surface area contributed by atoms with Gasteiger partial charge in [-0.3, -0.25) is 5.10 Å². The van der Waals surface area contributed by atoms with E-state index in [9.17, 15) is 4.79 Å². The number of nitrogens with one attached hydrogen (secondary N) is 1. The Hall–Kier alpha value is -2.83. The van der Waals surface area contributed by atoms with Gasteiger partial charge < -0.3 is 14.4 Å². The van der Waals surface area contributed by atoms with Crippen LogP contribution in [0.4, 0.5) is 4.79 Å². The minimum absolute atomic E-state index is 0.181. The summed E-state index contributed by atoms with van der Waals surface area (Å²) >= 11 is 6.09. The summed E-state index contributed by atoms with van der Waals surface area (Å²) in [6.45, 7) is 7.09. The fraction of sp³-hybridized carbons (Fsp3) is 0.333. The molecule has 0 spiro atoms. The number of aromatic nitrogens is 2. The molecule has 1 amide bonds. The van der Waals surface area contributed by atoms with Crippen molar-refractivity contribution in [2.45, 2.75) is 32.5 Å². The van der Waals surface area contributed by atoms with Gasteiger partial charge in [0, 0.05) is 17.1 Å². The smallest absolute Gasteiger partial charge is 0.410 e. The van der Waals surface area contributed by atoms with E-state index in [0.29, 0.717) is 24.7 Å². The van der Waals surface area contributed by atoms with Gasteiger partial charge in [-0.05, 0) is 50.1 Å². The number of aromatic amines is 1. The number of benzene rings is 2. The number of hydrogen-bond acceptors (Lipinski definition) is 4. The Labute approximate surface area is 187 Å². The lowest BCUT2D eigenvalue weighted by atomic mass is 10.0. The van der Waals surface area contributed by atoms with Gasteiger partial charge in [0.05, 0.1) is 24.5 Å². The molecule has 0 saturated carbocycles. The van der Waals surface area contributed by atoms with Crippen LogP contribution < -0.4 is 0 Å². The van der Waals surface area contributed by atoms with Gasteiger partial charge in [-0.25, -0.2) is 4.79 Å². The molecule has 3 aromatic rings. The highest BCUT2D eigenvalue weighted by molar-refractivity contribution is 6.30. The Morgan fingerprint density at radius 1 is 1.16 bits per heavy atom. The Bertz CT molecular complexity index is 1060. The Kier molecular flexibility index (Phi) is 6.03. The summed E-state index contributed by atoms with van der Waals surface area (Å²) in [4.78, 5) is 14.1. The van der Waals surface area contributed by atoms with Crippen LogP contribution in [0.25, 0.3) is 22.5 Å². The van der Waals surface area contributed by atoms with Crippen LogP contribution in [0.2, 0.25) is 5.02 Å². The predicted molar refractivity (Wildman–Crippen MR) is 121 cm³/mol. The molecule has 1 atom stereocenters. The van der Waals surface area contributed by atoms with Gasteiger partial charge in [-0.15, -0.1) is 0 Å². The molecule has 1 N–H and O–H groups in total. The van der Waals surface area contributed by atoms with Crippen molar-refractivity contribution in [1.29, 1.82) is 0 Å². The maximum Gasteiger partial charge on any atom is 0.410 e. The molecule has 0 bridgehead atoms. The maximum atomic E-state index is 12.4. The summed E-state index contributed by atoms with van der Waals surface area (Å²) in [5.41, 5.74) is 4.24. The van der Waals surface area contributed by atoms with Crippen LogP contribution in [0, 0.1) is 0 Å². The van der Waals surface area contributed by atoms with Crippen molar-refractivity contribution in [2.24, 2.45) is 0 Å². The number of morpholine rings is 1. The first-order chi connectivity index (χ1) is 14.8. The van der Waals surface area contributed by atoms with Crippen molar-refractivity contribution in [3.05, 3.63) is 65.2 Å². The zero-order chi connectivity index (χ0) is 22.0. The lowest BCUT2D eigenvalue weighted by molar-refractivity contribution is -0.0432. The van der Waals surface area contributed by atoms with E-state index in [0.717, 1.165) is 28.1 Å². The van der Waals surface area contributed by atoms with Crippen LogP contribution in [-0.4, -0.2) is 46.5 Å². The lowest BCUT2D eigenvalue weighted by Gasteiger charge is -2.34. The van der Waals surface area contributed by atoms with Crippen LogP contribution in [0.15, 0.2) is 54.6 Å². The van der Waals surface area contributed by atoms with Gasteiger partial charge in [0.15, 0.2) is 0 Å². The van der Waals surface area contributed by atoms with Crippen molar-refractivity contribution in [3.63, 3.8) is 0 Å². The molecule has 1 aliphatic heterocycles. The molecule has 0 radical (unpaired) electrons. The van der Waals surface area contributed by atoms with Crippen LogP contribution in [0.1, 0.15) is 32.4 Å². The first-order valence-electron chi connectivity index (χ1n) is 10.3.